The summed E-state index contributed by atoms with van der Waals surface area (Å²) in [5.41, 5.74) is 2.72. The van der Waals surface area contributed by atoms with Crippen LogP contribution in [0.5, 0.6) is 0 Å². The molecule has 17 heavy (non-hydrogen) atoms. The van der Waals surface area contributed by atoms with E-state index in [0.717, 1.165) is 13.1 Å². The van der Waals surface area contributed by atoms with E-state index in [9.17, 15) is 5.11 Å². The van der Waals surface area contributed by atoms with Gasteiger partial charge in [-0.15, -0.1) is 0 Å². The molecule has 1 saturated heterocycles. The first-order valence-electron chi connectivity index (χ1n) is 6.62. The van der Waals surface area contributed by atoms with E-state index in [2.05, 4.69) is 43.0 Å². The van der Waals surface area contributed by atoms with Crippen LogP contribution in [0.3, 0.4) is 0 Å². The lowest BCUT2D eigenvalue weighted by Crippen LogP contribution is -2.38. The second kappa shape index (κ2) is 5.65. The van der Waals surface area contributed by atoms with Gasteiger partial charge in [-0.25, -0.2) is 0 Å². The van der Waals surface area contributed by atoms with E-state index in [1.165, 1.54) is 24.0 Å². The van der Waals surface area contributed by atoms with E-state index in [4.69, 9.17) is 0 Å². The maximum absolute atomic E-state index is 9.28. The zero-order valence-corrected chi connectivity index (χ0v) is 10.9. The third-order valence-corrected chi connectivity index (χ3v) is 3.88. The Morgan fingerprint density at radius 2 is 2.29 bits per heavy atom. The molecule has 0 spiro atoms. The highest BCUT2D eigenvalue weighted by Crippen LogP contribution is 2.26. The Labute approximate surface area is 104 Å². The molecule has 1 N–H and O–H groups in total. The van der Waals surface area contributed by atoms with Gasteiger partial charge in [0.25, 0.3) is 0 Å². The van der Waals surface area contributed by atoms with Crippen molar-refractivity contribution < 1.29 is 5.11 Å². The average Bonchev–Trinajstić information content (AvgIpc) is 2.38. The largest absolute Gasteiger partial charge is 0.396 e. The van der Waals surface area contributed by atoms with Crippen LogP contribution in [-0.4, -0.2) is 29.7 Å². The molecular weight excluding hydrogens is 210 g/mol. The molecule has 0 bridgehead atoms. The summed E-state index contributed by atoms with van der Waals surface area (Å²) in [6, 6.07) is 9.22. The number of rotatable bonds is 3. The fourth-order valence-electron chi connectivity index (χ4n) is 2.74. The molecule has 0 aliphatic carbocycles. The van der Waals surface area contributed by atoms with Crippen LogP contribution in [0.2, 0.25) is 0 Å². The summed E-state index contributed by atoms with van der Waals surface area (Å²) in [6.07, 6.45) is 2.38. The Bertz CT molecular complexity index is 364. The molecule has 0 amide bonds. The lowest BCUT2D eigenvalue weighted by Gasteiger charge is -2.36. The molecule has 2 heteroatoms. The van der Waals surface area contributed by atoms with Crippen LogP contribution in [0.25, 0.3) is 0 Å². The second-order valence-electron chi connectivity index (χ2n) is 5.28. The van der Waals surface area contributed by atoms with Crippen LogP contribution in [0, 0.1) is 12.8 Å². The van der Waals surface area contributed by atoms with E-state index in [-0.39, 0.29) is 0 Å². The summed E-state index contributed by atoms with van der Waals surface area (Å²) in [5.74, 6) is 0.469. The van der Waals surface area contributed by atoms with Crippen molar-refractivity contribution in [3.8, 4) is 0 Å². The van der Waals surface area contributed by atoms with E-state index >= 15 is 0 Å². The Hall–Kier alpha value is -0.860. The molecule has 2 rings (SSSR count). The summed E-state index contributed by atoms with van der Waals surface area (Å²) < 4.78 is 0. The molecule has 1 aliphatic rings. The topological polar surface area (TPSA) is 23.5 Å². The first kappa shape index (κ1) is 12.6. The van der Waals surface area contributed by atoms with Crippen molar-refractivity contribution in [2.45, 2.75) is 32.7 Å². The van der Waals surface area contributed by atoms with Crippen LogP contribution in [0.15, 0.2) is 24.3 Å². The zero-order chi connectivity index (χ0) is 12.3. The van der Waals surface area contributed by atoms with Gasteiger partial charge in [0.2, 0.25) is 0 Å². The molecule has 1 heterocycles. The molecule has 0 radical (unpaired) electrons. The third-order valence-electron chi connectivity index (χ3n) is 3.88. The average molecular weight is 233 g/mol. The van der Waals surface area contributed by atoms with Gasteiger partial charge in [0.1, 0.15) is 0 Å². The number of piperidine rings is 1. The monoisotopic (exact) mass is 233 g/mol. The molecule has 2 nitrogen and oxygen atoms in total. The molecule has 94 valence electrons. The van der Waals surface area contributed by atoms with Gasteiger partial charge in [-0.2, -0.15) is 0 Å². The fraction of sp³-hybridized carbons (Fsp3) is 0.600. The molecule has 1 aromatic rings. The van der Waals surface area contributed by atoms with Crippen LogP contribution in [0.4, 0.5) is 0 Å². The van der Waals surface area contributed by atoms with E-state index in [1.54, 1.807) is 0 Å². The Balaban J connectivity index is 2.06. The van der Waals surface area contributed by atoms with Crippen molar-refractivity contribution in [3.05, 3.63) is 35.4 Å². The number of aryl methyl sites for hydroxylation is 1. The maximum Gasteiger partial charge on any atom is 0.0471 e. The van der Waals surface area contributed by atoms with Gasteiger partial charge >= 0.3 is 0 Å². The molecule has 2 unspecified atom stereocenters. The minimum absolute atomic E-state index is 0.330. The molecule has 0 aromatic heterocycles. The Morgan fingerprint density at radius 3 is 3.00 bits per heavy atom. The van der Waals surface area contributed by atoms with Gasteiger partial charge in [0, 0.05) is 19.2 Å². The van der Waals surface area contributed by atoms with Gasteiger partial charge in [0.15, 0.2) is 0 Å². The van der Waals surface area contributed by atoms with Crippen LogP contribution in [-0.2, 0) is 0 Å². The number of nitrogens with zero attached hydrogens (tertiary/aromatic N) is 1. The zero-order valence-electron chi connectivity index (χ0n) is 10.9. The minimum Gasteiger partial charge on any atom is -0.396 e. The second-order valence-corrected chi connectivity index (χ2v) is 5.28. The SMILES string of the molecule is Cc1cccc(C(C)N2CCCC(CO)C2)c1. The van der Waals surface area contributed by atoms with Gasteiger partial charge in [-0.05, 0) is 44.7 Å². The normalized spacial score (nSPS) is 23.6. The number of aliphatic hydroxyl groups excluding tert-OH is 1. The number of hydrogen-bond donors (Lipinski definition) is 1. The molecule has 2 atom stereocenters. The quantitative estimate of drug-likeness (QED) is 0.867. The van der Waals surface area contributed by atoms with Gasteiger partial charge in [-0.3, -0.25) is 4.90 Å². The van der Waals surface area contributed by atoms with E-state index < -0.39 is 0 Å². The molecule has 1 aromatic carbocycles. The highest BCUT2D eigenvalue weighted by atomic mass is 16.3. The maximum atomic E-state index is 9.28. The Kier molecular flexibility index (Phi) is 4.19. The van der Waals surface area contributed by atoms with Crippen molar-refractivity contribution in [2.75, 3.05) is 19.7 Å². The Morgan fingerprint density at radius 1 is 1.47 bits per heavy atom. The van der Waals surface area contributed by atoms with E-state index in [0.29, 0.717) is 18.6 Å². The number of aliphatic hydroxyl groups is 1. The lowest BCUT2D eigenvalue weighted by molar-refractivity contribution is 0.0935. The van der Waals surface area contributed by atoms with Crippen molar-refractivity contribution in [1.29, 1.82) is 0 Å². The molecular formula is C15H23NO. The molecule has 1 fully saturated rings. The highest BCUT2D eigenvalue weighted by molar-refractivity contribution is 5.24. The van der Waals surface area contributed by atoms with Crippen molar-refractivity contribution in [1.82, 2.24) is 4.90 Å². The molecule has 1 aliphatic heterocycles. The highest BCUT2D eigenvalue weighted by Gasteiger charge is 2.23. The van der Waals surface area contributed by atoms with Crippen molar-refractivity contribution >= 4 is 0 Å². The summed E-state index contributed by atoms with van der Waals surface area (Å²) in [6.45, 7) is 6.94. The van der Waals surface area contributed by atoms with Gasteiger partial charge < -0.3 is 5.11 Å². The standard InChI is InChI=1S/C15H23NO/c1-12-5-3-7-15(9-12)13(2)16-8-4-6-14(10-16)11-17/h3,5,7,9,13-14,17H,4,6,8,10-11H2,1-2H3. The van der Waals surface area contributed by atoms with Gasteiger partial charge in [-0.1, -0.05) is 29.8 Å². The first-order valence-corrected chi connectivity index (χ1v) is 6.62. The van der Waals surface area contributed by atoms with Crippen LogP contribution in [0.1, 0.15) is 36.9 Å². The summed E-state index contributed by atoms with van der Waals surface area (Å²) in [7, 11) is 0. The van der Waals surface area contributed by atoms with Crippen LogP contribution < -0.4 is 0 Å². The summed E-state index contributed by atoms with van der Waals surface area (Å²) in [5, 5.41) is 9.28. The van der Waals surface area contributed by atoms with Gasteiger partial charge in [0.05, 0.1) is 0 Å². The minimum atomic E-state index is 0.330. The fourth-order valence-corrected chi connectivity index (χ4v) is 2.74. The number of hydrogen-bond acceptors (Lipinski definition) is 2. The lowest BCUT2D eigenvalue weighted by atomic mass is 9.95. The smallest absolute Gasteiger partial charge is 0.0471 e. The van der Waals surface area contributed by atoms with Crippen molar-refractivity contribution in [3.63, 3.8) is 0 Å². The number of benzene rings is 1. The first-order chi connectivity index (χ1) is 8.20. The predicted octanol–water partition coefficient (Wildman–Crippen LogP) is 2.76. The molecule has 0 saturated carbocycles. The summed E-state index contributed by atoms with van der Waals surface area (Å²) >= 11 is 0. The van der Waals surface area contributed by atoms with E-state index in [1.807, 2.05) is 0 Å². The predicted molar refractivity (Wildman–Crippen MR) is 71.0 cm³/mol. The number of likely N-dealkylation sites (tertiary alicyclic amines) is 1. The van der Waals surface area contributed by atoms with Crippen LogP contribution >= 0.6 is 0 Å². The van der Waals surface area contributed by atoms with Crippen molar-refractivity contribution in [2.24, 2.45) is 5.92 Å². The third kappa shape index (κ3) is 3.08. The summed E-state index contributed by atoms with van der Waals surface area (Å²) in [4.78, 5) is 2.50.